The number of nitrogens with zero attached hydrogens (tertiary/aromatic N) is 2. The molecule has 0 radical (unpaired) electrons. The van der Waals surface area contributed by atoms with Crippen LogP contribution in [-0.2, 0) is 19.7 Å². The van der Waals surface area contributed by atoms with E-state index in [1.807, 2.05) is 0 Å². The summed E-state index contributed by atoms with van der Waals surface area (Å²) < 4.78 is 30.6. The Hall–Kier alpha value is -0.700. The first-order chi connectivity index (χ1) is 7.48. The van der Waals surface area contributed by atoms with E-state index in [2.05, 4.69) is 0 Å². The second-order valence-electron chi connectivity index (χ2n) is 3.48. The Morgan fingerprint density at radius 3 is 2.56 bits per heavy atom. The van der Waals surface area contributed by atoms with Crippen LogP contribution < -0.4 is 0 Å². The number of carboxylic acid groups (broad SMARTS) is 1. The molecule has 8 heteroatoms. The molecule has 0 aromatic rings. The van der Waals surface area contributed by atoms with Gasteiger partial charge in [0.25, 0.3) is 10.2 Å². The second kappa shape index (κ2) is 5.58. The molecule has 7 nitrogen and oxygen atoms in total. The molecular weight excluding hydrogens is 236 g/mol. The Morgan fingerprint density at radius 1 is 1.38 bits per heavy atom. The molecule has 0 spiro atoms. The lowest BCUT2D eigenvalue weighted by Crippen LogP contribution is -2.36. The van der Waals surface area contributed by atoms with Crippen molar-refractivity contribution in [2.24, 2.45) is 0 Å². The van der Waals surface area contributed by atoms with E-state index in [-0.39, 0.29) is 6.54 Å². The molecule has 0 amide bonds. The highest BCUT2D eigenvalue weighted by Crippen LogP contribution is 2.15. The van der Waals surface area contributed by atoms with Crippen LogP contribution >= 0.6 is 0 Å². The number of carbonyl (C=O) groups is 1. The first kappa shape index (κ1) is 13.4. The van der Waals surface area contributed by atoms with Gasteiger partial charge in [0.05, 0.1) is 0 Å². The molecule has 1 aliphatic heterocycles. The Labute approximate surface area is 94.8 Å². The van der Waals surface area contributed by atoms with E-state index in [9.17, 15) is 13.2 Å². The van der Waals surface area contributed by atoms with Crippen LogP contribution in [0.5, 0.6) is 0 Å². The molecule has 1 heterocycles. The van der Waals surface area contributed by atoms with Gasteiger partial charge in [-0.1, -0.05) is 0 Å². The van der Waals surface area contributed by atoms with E-state index >= 15 is 0 Å². The van der Waals surface area contributed by atoms with Crippen molar-refractivity contribution >= 4 is 16.2 Å². The molecule has 0 aromatic carbocycles. The molecule has 0 atom stereocenters. The van der Waals surface area contributed by atoms with Crippen LogP contribution in [0.1, 0.15) is 6.42 Å². The highest BCUT2D eigenvalue weighted by atomic mass is 32.2. The molecule has 1 N–H and O–H groups in total. The SMILES string of the molecule is COCCCN1CCN(CC(=O)O)S1(=O)=O. The van der Waals surface area contributed by atoms with Gasteiger partial charge in [0.2, 0.25) is 0 Å². The van der Waals surface area contributed by atoms with Gasteiger partial charge < -0.3 is 9.84 Å². The minimum atomic E-state index is -3.57. The quantitative estimate of drug-likeness (QED) is 0.611. The lowest BCUT2D eigenvalue weighted by atomic mass is 10.4. The molecule has 0 unspecified atom stereocenters. The highest BCUT2D eigenvalue weighted by molar-refractivity contribution is 7.87. The van der Waals surface area contributed by atoms with E-state index in [0.29, 0.717) is 26.1 Å². The number of ether oxygens (including phenoxy) is 1. The number of methoxy groups -OCH3 is 1. The normalized spacial score (nSPS) is 21.3. The van der Waals surface area contributed by atoms with Crippen LogP contribution in [0.15, 0.2) is 0 Å². The predicted molar refractivity (Wildman–Crippen MR) is 56.2 cm³/mol. The maximum atomic E-state index is 11.8. The molecule has 1 saturated heterocycles. The van der Waals surface area contributed by atoms with Crippen LogP contribution in [-0.4, -0.2) is 68.0 Å². The van der Waals surface area contributed by atoms with Crippen molar-refractivity contribution in [2.75, 3.05) is 39.9 Å². The molecule has 94 valence electrons. The van der Waals surface area contributed by atoms with Crippen molar-refractivity contribution in [3.05, 3.63) is 0 Å². The lowest BCUT2D eigenvalue weighted by Gasteiger charge is -2.16. The second-order valence-corrected chi connectivity index (χ2v) is 5.41. The first-order valence-corrected chi connectivity index (χ1v) is 6.34. The van der Waals surface area contributed by atoms with E-state index in [1.54, 1.807) is 7.11 Å². The zero-order valence-electron chi connectivity index (χ0n) is 9.13. The number of carboxylic acids is 1. The third kappa shape index (κ3) is 3.14. The van der Waals surface area contributed by atoms with Crippen molar-refractivity contribution in [3.63, 3.8) is 0 Å². The van der Waals surface area contributed by atoms with Gasteiger partial charge in [0.1, 0.15) is 6.54 Å². The zero-order chi connectivity index (χ0) is 12.2. The van der Waals surface area contributed by atoms with E-state index < -0.39 is 22.7 Å². The van der Waals surface area contributed by atoms with Crippen molar-refractivity contribution in [1.82, 2.24) is 8.61 Å². The standard InChI is InChI=1S/C8H16N2O5S/c1-15-6-2-3-9-4-5-10(7-8(11)12)16(9,13)14/h2-7H2,1H3,(H,11,12). The fourth-order valence-electron chi connectivity index (χ4n) is 1.54. The summed E-state index contributed by atoms with van der Waals surface area (Å²) in [5, 5.41) is 8.56. The van der Waals surface area contributed by atoms with Gasteiger partial charge in [-0.2, -0.15) is 17.0 Å². The highest BCUT2D eigenvalue weighted by Gasteiger charge is 2.36. The fourth-order valence-corrected chi connectivity index (χ4v) is 3.13. The Morgan fingerprint density at radius 2 is 2.00 bits per heavy atom. The molecule has 0 aliphatic carbocycles. The Balaban J connectivity index is 2.54. The Kier molecular flexibility index (Phi) is 4.66. The van der Waals surface area contributed by atoms with Crippen molar-refractivity contribution in [2.45, 2.75) is 6.42 Å². The van der Waals surface area contributed by atoms with Gasteiger partial charge in [-0.05, 0) is 6.42 Å². The molecule has 0 saturated carbocycles. The zero-order valence-corrected chi connectivity index (χ0v) is 9.94. The monoisotopic (exact) mass is 252 g/mol. The summed E-state index contributed by atoms with van der Waals surface area (Å²) in [4.78, 5) is 10.5. The van der Waals surface area contributed by atoms with Crippen molar-refractivity contribution in [3.8, 4) is 0 Å². The number of aliphatic carboxylic acids is 1. The molecule has 0 bridgehead atoms. The third-order valence-electron chi connectivity index (χ3n) is 2.32. The van der Waals surface area contributed by atoms with E-state index in [4.69, 9.17) is 9.84 Å². The first-order valence-electron chi connectivity index (χ1n) is 4.94. The molecule has 0 aromatic heterocycles. The van der Waals surface area contributed by atoms with Gasteiger partial charge in [0, 0.05) is 33.4 Å². The summed E-state index contributed by atoms with van der Waals surface area (Å²) in [5.74, 6) is -1.14. The van der Waals surface area contributed by atoms with Crippen molar-refractivity contribution < 1.29 is 23.1 Å². The topological polar surface area (TPSA) is 87.2 Å². The summed E-state index contributed by atoms with van der Waals surface area (Å²) in [5.41, 5.74) is 0. The maximum absolute atomic E-state index is 11.8. The van der Waals surface area contributed by atoms with Crippen molar-refractivity contribution in [1.29, 1.82) is 0 Å². The van der Waals surface area contributed by atoms with Crippen LogP contribution in [0.3, 0.4) is 0 Å². The molecule has 1 fully saturated rings. The summed E-state index contributed by atoms with van der Waals surface area (Å²) >= 11 is 0. The average Bonchev–Trinajstić information content (AvgIpc) is 2.44. The van der Waals surface area contributed by atoms with Crippen LogP contribution in [0.2, 0.25) is 0 Å². The van der Waals surface area contributed by atoms with Crippen LogP contribution in [0.25, 0.3) is 0 Å². The number of hydrogen-bond acceptors (Lipinski definition) is 4. The maximum Gasteiger partial charge on any atom is 0.318 e. The molecule has 1 aliphatic rings. The minimum Gasteiger partial charge on any atom is -0.480 e. The summed E-state index contributed by atoms with van der Waals surface area (Å²) in [6.07, 6.45) is 0.608. The van der Waals surface area contributed by atoms with Gasteiger partial charge in [0.15, 0.2) is 0 Å². The Bertz CT molecular complexity index is 342. The number of rotatable bonds is 6. The van der Waals surface area contributed by atoms with Gasteiger partial charge >= 0.3 is 5.97 Å². The smallest absolute Gasteiger partial charge is 0.318 e. The van der Waals surface area contributed by atoms with Gasteiger partial charge in [-0.25, -0.2) is 0 Å². The van der Waals surface area contributed by atoms with Gasteiger partial charge in [-0.3, -0.25) is 4.79 Å². The average molecular weight is 252 g/mol. The lowest BCUT2D eigenvalue weighted by molar-refractivity contribution is -0.137. The van der Waals surface area contributed by atoms with Crippen LogP contribution in [0.4, 0.5) is 0 Å². The predicted octanol–water partition coefficient (Wildman–Crippen LogP) is -1.03. The summed E-state index contributed by atoms with van der Waals surface area (Å²) in [7, 11) is -2.02. The molecule has 1 rings (SSSR count). The van der Waals surface area contributed by atoms with E-state index in [1.165, 1.54) is 4.31 Å². The minimum absolute atomic E-state index is 0.238. The molecular formula is C8H16N2O5S. The van der Waals surface area contributed by atoms with E-state index in [0.717, 1.165) is 4.31 Å². The fraction of sp³-hybridized carbons (Fsp3) is 0.875. The summed E-state index contributed by atoms with van der Waals surface area (Å²) in [6, 6.07) is 0. The summed E-state index contributed by atoms with van der Waals surface area (Å²) in [6.45, 7) is 0.974. The van der Waals surface area contributed by atoms with Crippen LogP contribution in [0, 0.1) is 0 Å². The largest absolute Gasteiger partial charge is 0.480 e. The number of hydrogen-bond donors (Lipinski definition) is 1. The van der Waals surface area contributed by atoms with Gasteiger partial charge in [-0.15, -0.1) is 0 Å². The molecule has 16 heavy (non-hydrogen) atoms. The third-order valence-corrected chi connectivity index (χ3v) is 4.30.